The summed E-state index contributed by atoms with van der Waals surface area (Å²) in [6.07, 6.45) is 4.87. The molecule has 2 nitrogen and oxygen atoms in total. The lowest BCUT2D eigenvalue weighted by Crippen LogP contribution is -2.14. The number of pyridine rings is 1. The van der Waals surface area contributed by atoms with Crippen molar-refractivity contribution >= 4 is 11.8 Å². The van der Waals surface area contributed by atoms with Crippen LogP contribution in [-0.4, -0.2) is 17.3 Å². The van der Waals surface area contributed by atoms with E-state index < -0.39 is 0 Å². The molecule has 16 heavy (non-hydrogen) atoms. The van der Waals surface area contributed by atoms with Crippen molar-refractivity contribution in [1.29, 1.82) is 0 Å². The third-order valence-electron chi connectivity index (χ3n) is 2.61. The molecule has 1 aromatic rings. The zero-order chi connectivity index (χ0) is 11.8. The third kappa shape index (κ3) is 2.70. The van der Waals surface area contributed by atoms with Crippen LogP contribution in [0.5, 0.6) is 5.75 Å². The van der Waals surface area contributed by atoms with Crippen LogP contribution >= 0.6 is 11.8 Å². The second-order valence-electron chi connectivity index (χ2n) is 5.27. The van der Waals surface area contributed by atoms with Crippen LogP contribution in [0.3, 0.4) is 0 Å². The lowest BCUT2D eigenvalue weighted by molar-refractivity contribution is 0.292. The number of hydrogen-bond donors (Lipinski definition) is 0. The van der Waals surface area contributed by atoms with E-state index in [9.17, 15) is 0 Å². The van der Waals surface area contributed by atoms with Crippen LogP contribution in [0.25, 0.3) is 0 Å². The maximum absolute atomic E-state index is 5.83. The summed E-state index contributed by atoms with van der Waals surface area (Å²) in [5.41, 5.74) is 1.22. The van der Waals surface area contributed by atoms with E-state index >= 15 is 0 Å². The average Bonchev–Trinajstić information content (AvgIpc) is 3.00. The van der Waals surface area contributed by atoms with Gasteiger partial charge in [-0.1, -0.05) is 20.8 Å². The molecule has 1 fully saturated rings. The fourth-order valence-corrected chi connectivity index (χ4v) is 1.95. The minimum Gasteiger partial charge on any atom is -0.488 e. The summed E-state index contributed by atoms with van der Waals surface area (Å²) in [7, 11) is 0. The molecular weight excluding hydrogens is 218 g/mol. The summed E-state index contributed by atoms with van der Waals surface area (Å²) >= 11 is 1.66. The SMILES string of the molecule is CSc1nc(C(C)(C)C)ccc1OC1CC1. The normalized spacial score (nSPS) is 16.2. The summed E-state index contributed by atoms with van der Waals surface area (Å²) in [5.74, 6) is 0.947. The van der Waals surface area contributed by atoms with Crippen molar-refractivity contribution in [3.63, 3.8) is 0 Å². The zero-order valence-electron chi connectivity index (χ0n) is 10.4. The number of rotatable bonds is 3. The molecular formula is C13H19NOS. The zero-order valence-corrected chi connectivity index (χ0v) is 11.2. The molecule has 0 unspecified atom stereocenters. The van der Waals surface area contributed by atoms with Crippen molar-refractivity contribution in [2.75, 3.05) is 6.26 Å². The Kier molecular flexibility index (Phi) is 3.15. The van der Waals surface area contributed by atoms with E-state index in [0.717, 1.165) is 16.5 Å². The second-order valence-corrected chi connectivity index (χ2v) is 6.07. The second kappa shape index (κ2) is 4.28. The number of nitrogens with zero attached hydrogens (tertiary/aromatic N) is 1. The Hall–Kier alpha value is -0.700. The summed E-state index contributed by atoms with van der Waals surface area (Å²) in [6.45, 7) is 6.54. The predicted molar refractivity (Wildman–Crippen MR) is 68.4 cm³/mol. The standard InChI is InChI=1S/C13H19NOS/c1-13(2,3)11-8-7-10(12(14-11)16-4)15-9-5-6-9/h7-9H,5-6H2,1-4H3. The van der Waals surface area contributed by atoms with Crippen molar-refractivity contribution in [2.24, 2.45) is 0 Å². The van der Waals surface area contributed by atoms with Gasteiger partial charge in [-0.3, -0.25) is 0 Å². The smallest absolute Gasteiger partial charge is 0.151 e. The number of ether oxygens (including phenoxy) is 1. The monoisotopic (exact) mass is 237 g/mol. The maximum atomic E-state index is 5.83. The van der Waals surface area contributed by atoms with Gasteiger partial charge in [-0.2, -0.15) is 0 Å². The van der Waals surface area contributed by atoms with Gasteiger partial charge in [0.15, 0.2) is 5.75 Å². The highest BCUT2D eigenvalue weighted by molar-refractivity contribution is 7.98. The minimum atomic E-state index is 0.0998. The first-order chi connectivity index (χ1) is 7.50. The summed E-state index contributed by atoms with van der Waals surface area (Å²) in [5, 5.41) is 1.01. The highest BCUT2D eigenvalue weighted by Crippen LogP contribution is 2.34. The number of thioether (sulfide) groups is 1. The highest BCUT2D eigenvalue weighted by Gasteiger charge is 2.25. The van der Waals surface area contributed by atoms with Crippen molar-refractivity contribution in [3.05, 3.63) is 17.8 Å². The van der Waals surface area contributed by atoms with E-state index in [1.54, 1.807) is 11.8 Å². The van der Waals surface area contributed by atoms with Crippen molar-refractivity contribution in [3.8, 4) is 5.75 Å². The van der Waals surface area contributed by atoms with Crippen molar-refractivity contribution in [1.82, 2.24) is 4.98 Å². The molecule has 3 heteroatoms. The number of hydrogen-bond acceptors (Lipinski definition) is 3. The molecule has 1 aliphatic carbocycles. The van der Waals surface area contributed by atoms with Crippen LogP contribution in [0.1, 0.15) is 39.3 Å². The molecule has 0 spiro atoms. The van der Waals surface area contributed by atoms with E-state index in [4.69, 9.17) is 4.74 Å². The van der Waals surface area contributed by atoms with Gasteiger partial charge >= 0.3 is 0 Å². The van der Waals surface area contributed by atoms with Crippen LogP contribution in [-0.2, 0) is 5.41 Å². The Morgan fingerprint density at radius 2 is 2.00 bits per heavy atom. The Labute approximate surface area is 102 Å². The van der Waals surface area contributed by atoms with Gasteiger partial charge in [0.05, 0.1) is 6.10 Å². The van der Waals surface area contributed by atoms with Crippen LogP contribution in [0.15, 0.2) is 17.2 Å². The molecule has 1 heterocycles. The van der Waals surface area contributed by atoms with E-state index in [-0.39, 0.29) is 5.41 Å². The van der Waals surface area contributed by atoms with Crippen LogP contribution in [0.2, 0.25) is 0 Å². The van der Waals surface area contributed by atoms with Gasteiger partial charge in [-0.15, -0.1) is 11.8 Å². The molecule has 88 valence electrons. The molecule has 1 aliphatic rings. The minimum absolute atomic E-state index is 0.0998. The summed E-state index contributed by atoms with van der Waals surface area (Å²) < 4.78 is 5.83. The van der Waals surface area contributed by atoms with Gasteiger partial charge in [-0.05, 0) is 31.2 Å². The lowest BCUT2D eigenvalue weighted by Gasteiger charge is -2.19. The molecule has 1 aromatic heterocycles. The van der Waals surface area contributed by atoms with E-state index in [1.807, 2.05) is 0 Å². The van der Waals surface area contributed by atoms with E-state index in [0.29, 0.717) is 6.10 Å². The molecule has 0 aromatic carbocycles. The Bertz CT molecular complexity index is 380. The predicted octanol–water partition coefficient (Wildman–Crippen LogP) is 3.64. The van der Waals surface area contributed by atoms with Gasteiger partial charge < -0.3 is 4.74 Å². The Morgan fingerprint density at radius 3 is 2.50 bits per heavy atom. The van der Waals surface area contributed by atoms with E-state index in [2.05, 4.69) is 44.1 Å². The molecule has 0 bridgehead atoms. The average molecular weight is 237 g/mol. The molecule has 2 rings (SSSR count). The fraction of sp³-hybridized carbons (Fsp3) is 0.615. The lowest BCUT2D eigenvalue weighted by atomic mass is 9.92. The van der Waals surface area contributed by atoms with E-state index in [1.165, 1.54) is 12.8 Å². The largest absolute Gasteiger partial charge is 0.488 e. The first-order valence-electron chi connectivity index (χ1n) is 5.73. The molecule has 0 saturated heterocycles. The summed E-state index contributed by atoms with van der Waals surface area (Å²) in [6, 6.07) is 4.15. The van der Waals surface area contributed by atoms with Gasteiger partial charge in [-0.25, -0.2) is 4.98 Å². The molecule has 0 N–H and O–H groups in total. The quantitative estimate of drug-likeness (QED) is 0.749. The van der Waals surface area contributed by atoms with Crippen molar-refractivity contribution < 1.29 is 4.74 Å². The Balaban J connectivity index is 2.26. The van der Waals surface area contributed by atoms with Gasteiger partial charge in [0.2, 0.25) is 0 Å². The highest BCUT2D eigenvalue weighted by atomic mass is 32.2. The first kappa shape index (κ1) is 11.8. The Morgan fingerprint density at radius 1 is 1.31 bits per heavy atom. The molecule has 0 aliphatic heterocycles. The van der Waals surface area contributed by atoms with Crippen LogP contribution in [0.4, 0.5) is 0 Å². The summed E-state index contributed by atoms with van der Waals surface area (Å²) in [4.78, 5) is 4.68. The van der Waals surface area contributed by atoms with Crippen LogP contribution in [0, 0.1) is 0 Å². The molecule has 0 amide bonds. The fourth-order valence-electron chi connectivity index (χ4n) is 1.45. The van der Waals surface area contributed by atoms with Crippen LogP contribution < -0.4 is 4.74 Å². The molecule has 0 atom stereocenters. The first-order valence-corrected chi connectivity index (χ1v) is 6.95. The van der Waals surface area contributed by atoms with Gasteiger partial charge in [0.1, 0.15) is 5.03 Å². The molecule has 0 radical (unpaired) electrons. The van der Waals surface area contributed by atoms with Gasteiger partial charge in [0.25, 0.3) is 0 Å². The maximum Gasteiger partial charge on any atom is 0.151 e. The van der Waals surface area contributed by atoms with Gasteiger partial charge in [0, 0.05) is 11.1 Å². The third-order valence-corrected chi connectivity index (χ3v) is 3.28. The molecule has 1 saturated carbocycles. The topological polar surface area (TPSA) is 22.1 Å². The van der Waals surface area contributed by atoms with Crippen molar-refractivity contribution in [2.45, 2.75) is 50.2 Å². The number of aromatic nitrogens is 1.